The Morgan fingerprint density at radius 1 is 1.41 bits per heavy atom. The first-order valence-corrected chi connectivity index (χ1v) is 6.16. The minimum Gasteiger partial charge on any atom is -0.444 e. The Labute approximate surface area is 101 Å². The Morgan fingerprint density at radius 2 is 2.12 bits per heavy atom. The van der Waals surface area contributed by atoms with Gasteiger partial charge in [-0.2, -0.15) is 0 Å². The van der Waals surface area contributed by atoms with E-state index in [1.54, 1.807) is 4.90 Å². The van der Waals surface area contributed by atoms with Crippen LogP contribution in [0.15, 0.2) is 0 Å². The minimum atomic E-state index is -0.515. The fourth-order valence-electron chi connectivity index (χ4n) is 2.53. The van der Waals surface area contributed by atoms with Crippen LogP contribution in [-0.2, 0) is 9.53 Å². The number of fused-ring (bicyclic) bond motifs is 1. The second-order valence-corrected chi connectivity index (χ2v) is 5.78. The van der Waals surface area contributed by atoms with E-state index in [2.05, 4.69) is 5.32 Å². The van der Waals surface area contributed by atoms with E-state index in [9.17, 15) is 9.59 Å². The molecule has 1 heterocycles. The molecule has 1 saturated carbocycles. The molecule has 1 N–H and O–H groups in total. The summed E-state index contributed by atoms with van der Waals surface area (Å²) in [7, 11) is 0. The standard InChI is InChI=1S/C12H20N2O3/c1-12(2,3)17-11(16)14-7-10(15)13-8-5-4-6-9(8)14/h8-9H,4-7H2,1-3H3,(H,13,15)/t8-,9+/m0/s1. The van der Waals surface area contributed by atoms with Crippen LogP contribution in [0.4, 0.5) is 4.79 Å². The first kappa shape index (κ1) is 12.2. The van der Waals surface area contributed by atoms with Gasteiger partial charge in [-0.1, -0.05) is 0 Å². The van der Waals surface area contributed by atoms with Gasteiger partial charge >= 0.3 is 6.09 Å². The molecule has 2 atom stereocenters. The lowest BCUT2D eigenvalue weighted by atomic mass is 10.1. The molecule has 2 rings (SSSR count). The molecule has 2 amide bonds. The van der Waals surface area contributed by atoms with Crippen LogP contribution in [-0.4, -0.2) is 41.1 Å². The highest BCUT2D eigenvalue weighted by Crippen LogP contribution is 2.28. The van der Waals surface area contributed by atoms with E-state index >= 15 is 0 Å². The van der Waals surface area contributed by atoms with Gasteiger partial charge in [0.2, 0.25) is 5.91 Å². The maximum atomic E-state index is 12.0. The first-order valence-electron chi connectivity index (χ1n) is 6.16. The molecule has 5 heteroatoms. The van der Waals surface area contributed by atoms with Gasteiger partial charge in [-0.15, -0.1) is 0 Å². The van der Waals surface area contributed by atoms with Gasteiger partial charge in [0.1, 0.15) is 12.1 Å². The van der Waals surface area contributed by atoms with Gasteiger partial charge in [0.15, 0.2) is 0 Å². The van der Waals surface area contributed by atoms with E-state index in [4.69, 9.17) is 4.74 Å². The zero-order chi connectivity index (χ0) is 12.6. The molecular formula is C12H20N2O3. The average molecular weight is 240 g/mol. The number of nitrogens with zero attached hydrogens (tertiary/aromatic N) is 1. The number of rotatable bonds is 0. The number of piperazine rings is 1. The summed E-state index contributed by atoms with van der Waals surface area (Å²) in [5.41, 5.74) is -0.515. The molecule has 0 aromatic rings. The van der Waals surface area contributed by atoms with Crippen molar-refractivity contribution in [3.63, 3.8) is 0 Å². The Hall–Kier alpha value is -1.26. The zero-order valence-electron chi connectivity index (χ0n) is 10.7. The highest BCUT2D eigenvalue weighted by molar-refractivity contribution is 5.84. The highest BCUT2D eigenvalue weighted by Gasteiger charge is 2.41. The Kier molecular flexibility index (Phi) is 3.02. The molecule has 0 unspecified atom stereocenters. The van der Waals surface area contributed by atoms with E-state index < -0.39 is 5.60 Å². The van der Waals surface area contributed by atoms with Gasteiger partial charge in [0.05, 0.1) is 6.04 Å². The molecule has 1 aliphatic carbocycles. The van der Waals surface area contributed by atoms with Crippen LogP contribution in [0.3, 0.4) is 0 Å². The maximum Gasteiger partial charge on any atom is 0.411 e. The van der Waals surface area contributed by atoms with E-state index in [0.29, 0.717) is 0 Å². The molecule has 1 saturated heterocycles. The fourth-order valence-corrected chi connectivity index (χ4v) is 2.53. The van der Waals surface area contributed by atoms with Gasteiger partial charge in [0.25, 0.3) is 0 Å². The molecule has 0 aromatic heterocycles. The lowest BCUT2D eigenvalue weighted by Crippen LogP contribution is -2.60. The highest BCUT2D eigenvalue weighted by atomic mass is 16.6. The van der Waals surface area contributed by atoms with Gasteiger partial charge in [-0.05, 0) is 40.0 Å². The van der Waals surface area contributed by atoms with Crippen molar-refractivity contribution in [3.05, 3.63) is 0 Å². The van der Waals surface area contributed by atoms with Crippen LogP contribution in [0, 0.1) is 0 Å². The van der Waals surface area contributed by atoms with Crippen molar-refractivity contribution in [1.82, 2.24) is 10.2 Å². The summed E-state index contributed by atoms with van der Waals surface area (Å²) in [4.78, 5) is 25.1. The van der Waals surface area contributed by atoms with Crippen molar-refractivity contribution in [3.8, 4) is 0 Å². The normalized spacial score (nSPS) is 28.6. The fraction of sp³-hybridized carbons (Fsp3) is 0.833. The third kappa shape index (κ3) is 2.70. The molecule has 17 heavy (non-hydrogen) atoms. The van der Waals surface area contributed by atoms with Crippen LogP contribution >= 0.6 is 0 Å². The van der Waals surface area contributed by atoms with Crippen molar-refractivity contribution in [2.45, 2.75) is 57.7 Å². The molecule has 96 valence electrons. The summed E-state index contributed by atoms with van der Waals surface area (Å²) >= 11 is 0. The Balaban J connectivity index is 2.07. The van der Waals surface area contributed by atoms with Gasteiger partial charge in [-0.3, -0.25) is 9.69 Å². The molecule has 5 nitrogen and oxygen atoms in total. The molecular weight excluding hydrogens is 220 g/mol. The first-order chi connectivity index (χ1) is 7.87. The number of ether oxygens (including phenoxy) is 1. The quantitative estimate of drug-likeness (QED) is 0.693. The summed E-state index contributed by atoms with van der Waals surface area (Å²) in [5, 5.41) is 2.94. The third-order valence-electron chi connectivity index (χ3n) is 3.17. The summed E-state index contributed by atoms with van der Waals surface area (Å²) in [6, 6.07) is 0.228. The van der Waals surface area contributed by atoms with E-state index in [0.717, 1.165) is 19.3 Å². The summed E-state index contributed by atoms with van der Waals surface area (Å²) in [5.74, 6) is -0.0843. The second-order valence-electron chi connectivity index (χ2n) is 5.78. The Bertz CT molecular complexity index is 335. The van der Waals surface area contributed by atoms with E-state index in [1.807, 2.05) is 20.8 Å². The third-order valence-corrected chi connectivity index (χ3v) is 3.17. The lowest BCUT2D eigenvalue weighted by molar-refractivity contribution is -0.126. The molecule has 2 aliphatic rings. The number of hydrogen-bond donors (Lipinski definition) is 1. The number of carbonyl (C=O) groups is 2. The molecule has 2 fully saturated rings. The molecule has 0 aromatic carbocycles. The van der Waals surface area contributed by atoms with E-state index in [-0.39, 0.29) is 30.6 Å². The number of hydrogen-bond acceptors (Lipinski definition) is 3. The van der Waals surface area contributed by atoms with Crippen molar-refractivity contribution >= 4 is 12.0 Å². The van der Waals surface area contributed by atoms with E-state index in [1.165, 1.54) is 0 Å². The maximum absolute atomic E-state index is 12.0. The average Bonchev–Trinajstić information content (AvgIpc) is 2.60. The van der Waals surface area contributed by atoms with Crippen molar-refractivity contribution in [2.75, 3.05) is 6.54 Å². The van der Waals surface area contributed by atoms with Gasteiger partial charge in [0, 0.05) is 6.04 Å². The smallest absolute Gasteiger partial charge is 0.411 e. The van der Waals surface area contributed by atoms with Crippen molar-refractivity contribution < 1.29 is 14.3 Å². The topological polar surface area (TPSA) is 58.6 Å². The second kappa shape index (κ2) is 4.20. The number of carbonyl (C=O) groups excluding carboxylic acids is 2. The monoisotopic (exact) mass is 240 g/mol. The SMILES string of the molecule is CC(C)(C)OC(=O)N1CC(=O)N[C@H]2CCC[C@H]21. The molecule has 1 aliphatic heterocycles. The molecule has 0 spiro atoms. The van der Waals surface area contributed by atoms with Gasteiger partial charge < -0.3 is 10.1 Å². The van der Waals surface area contributed by atoms with Gasteiger partial charge in [-0.25, -0.2) is 4.79 Å². The van der Waals surface area contributed by atoms with Crippen LogP contribution < -0.4 is 5.32 Å². The number of nitrogens with one attached hydrogen (secondary N) is 1. The van der Waals surface area contributed by atoms with Crippen LogP contribution in [0.5, 0.6) is 0 Å². The van der Waals surface area contributed by atoms with Crippen molar-refractivity contribution in [1.29, 1.82) is 0 Å². The minimum absolute atomic E-state index is 0.0843. The lowest BCUT2D eigenvalue weighted by Gasteiger charge is -2.38. The predicted octanol–water partition coefficient (Wildman–Crippen LogP) is 1.27. The molecule has 0 bridgehead atoms. The zero-order valence-corrected chi connectivity index (χ0v) is 10.7. The van der Waals surface area contributed by atoms with Crippen molar-refractivity contribution in [2.24, 2.45) is 0 Å². The predicted molar refractivity (Wildman–Crippen MR) is 62.5 cm³/mol. The van der Waals surface area contributed by atoms with Crippen LogP contribution in [0.2, 0.25) is 0 Å². The largest absolute Gasteiger partial charge is 0.444 e. The summed E-state index contributed by atoms with van der Waals surface area (Å²) in [6.07, 6.45) is 2.58. The summed E-state index contributed by atoms with van der Waals surface area (Å²) in [6.45, 7) is 5.62. The summed E-state index contributed by atoms with van der Waals surface area (Å²) < 4.78 is 5.34. The van der Waals surface area contributed by atoms with Crippen LogP contribution in [0.1, 0.15) is 40.0 Å². The number of amides is 2. The van der Waals surface area contributed by atoms with Crippen LogP contribution in [0.25, 0.3) is 0 Å². The Morgan fingerprint density at radius 3 is 2.76 bits per heavy atom. The molecule has 0 radical (unpaired) electrons.